The molecular weight excluding hydrogens is 270 g/mol. The van der Waals surface area contributed by atoms with E-state index in [4.69, 9.17) is 0 Å². The molecule has 1 aromatic rings. The van der Waals surface area contributed by atoms with Crippen molar-refractivity contribution in [2.24, 2.45) is 0 Å². The second-order valence-corrected chi connectivity index (χ2v) is 5.94. The van der Waals surface area contributed by atoms with Gasteiger partial charge in [-0.05, 0) is 30.9 Å². The fourth-order valence-electron chi connectivity index (χ4n) is 3.28. The van der Waals surface area contributed by atoms with Gasteiger partial charge < -0.3 is 5.11 Å². The third-order valence-corrected chi connectivity index (χ3v) is 4.38. The summed E-state index contributed by atoms with van der Waals surface area (Å²) in [7, 11) is 0. The number of aliphatic carboxylic acids is 1. The second-order valence-electron chi connectivity index (χ2n) is 5.94. The van der Waals surface area contributed by atoms with Crippen LogP contribution in [-0.4, -0.2) is 33.8 Å². The van der Waals surface area contributed by atoms with E-state index in [0.29, 0.717) is 5.56 Å². The summed E-state index contributed by atoms with van der Waals surface area (Å²) < 4.78 is 0. The van der Waals surface area contributed by atoms with Gasteiger partial charge in [-0.25, -0.2) is 0 Å². The van der Waals surface area contributed by atoms with Crippen LogP contribution in [0.25, 0.3) is 0 Å². The van der Waals surface area contributed by atoms with Crippen LogP contribution in [0.4, 0.5) is 0 Å². The molecule has 1 atom stereocenters. The number of rotatable bonds is 4. The Morgan fingerprint density at radius 2 is 2.00 bits per heavy atom. The van der Waals surface area contributed by atoms with E-state index in [1.807, 2.05) is 19.1 Å². The summed E-state index contributed by atoms with van der Waals surface area (Å²) in [5, 5.41) is 9.25. The van der Waals surface area contributed by atoms with Gasteiger partial charge in [0, 0.05) is 12.5 Å². The first-order valence-electron chi connectivity index (χ1n) is 7.10. The third-order valence-electron chi connectivity index (χ3n) is 4.38. The number of amides is 2. The zero-order valence-corrected chi connectivity index (χ0v) is 11.8. The average Bonchev–Trinajstić information content (AvgIpc) is 3.19. The molecule has 5 nitrogen and oxygen atoms in total. The average molecular weight is 287 g/mol. The van der Waals surface area contributed by atoms with Crippen LogP contribution < -0.4 is 0 Å². The molecule has 1 heterocycles. The predicted octanol–water partition coefficient (Wildman–Crippen LogP) is 1.63. The van der Waals surface area contributed by atoms with Crippen LogP contribution in [0.15, 0.2) is 24.3 Å². The molecule has 3 rings (SSSR count). The topological polar surface area (TPSA) is 74.7 Å². The Balaban J connectivity index is 2.10. The highest BCUT2D eigenvalue weighted by molar-refractivity contribution is 6.11. The number of hydrogen-bond acceptors (Lipinski definition) is 3. The van der Waals surface area contributed by atoms with Crippen molar-refractivity contribution in [1.29, 1.82) is 0 Å². The molecule has 2 fully saturated rings. The second kappa shape index (κ2) is 4.69. The van der Waals surface area contributed by atoms with E-state index < -0.39 is 11.4 Å². The Labute approximate surface area is 122 Å². The lowest BCUT2D eigenvalue weighted by atomic mass is 9.74. The van der Waals surface area contributed by atoms with Crippen LogP contribution in [0.2, 0.25) is 0 Å². The lowest BCUT2D eigenvalue weighted by molar-refractivity contribution is -0.145. The van der Waals surface area contributed by atoms with Gasteiger partial charge in [0.25, 0.3) is 0 Å². The van der Waals surface area contributed by atoms with Crippen molar-refractivity contribution in [3.05, 3.63) is 35.4 Å². The quantitative estimate of drug-likeness (QED) is 0.854. The number of carboxylic acid groups (broad SMARTS) is 1. The minimum atomic E-state index is -1.24. The highest BCUT2D eigenvalue weighted by atomic mass is 16.4. The van der Waals surface area contributed by atoms with Crippen molar-refractivity contribution in [3.8, 4) is 0 Å². The molecule has 1 N–H and O–H groups in total. The van der Waals surface area contributed by atoms with Gasteiger partial charge in [-0.1, -0.05) is 24.3 Å². The molecule has 1 saturated heterocycles. The number of imide groups is 1. The SMILES string of the molecule is Cc1ccccc1[C@@]1(CC(=O)O)CC(=O)N(C2CC2)C1=O. The molecule has 2 amide bonds. The van der Waals surface area contributed by atoms with Gasteiger partial charge in [0.05, 0.1) is 11.8 Å². The van der Waals surface area contributed by atoms with E-state index in [-0.39, 0.29) is 30.7 Å². The molecule has 1 aliphatic carbocycles. The molecule has 0 radical (unpaired) electrons. The van der Waals surface area contributed by atoms with Gasteiger partial charge in [-0.2, -0.15) is 0 Å². The first-order valence-corrected chi connectivity index (χ1v) is 7.10. The Bertz CT molecular complexity index is 635. The molecule has 21 heavy (non-hydrogen) atoms. The molecular formula is C16H17NO4. The van der Waals surface area contributed by atoms with E-state index in [1.54, 1.807) is 12.1 Å². The van der Waals surface area contributed by atoms with E-state index in [9.17, 15) is 19.5 Å². The summed E-state index contributed by atoms with van der Waals surface area (Å²) in [6.45, 7) is 1.84. The summed E-state index contributed by atoms with van der Waals surface area (Å²) in [6, 6.07) is 7.21. The van der Waals surface area contributed by atoms with Crippen LogP contribution in [0.5, 0.6) is 0 Å². The molecule has 110 valence electrons. The zero-order chi connectivity index (χ0) is 15.2. The largest absolute Gasteiger partial charge is 0.481 e. The Morgan fingerprint density at radius 3 is 2.57 bits per heavy atom. The lowest BCUT2D eigenvalue weighted by Crippen LogP contribution is -2.41. The van der Waals surface area contributed by atoms with Crippen LogP contribution in [0.3, 0.4) is 0 Å². The maximum Gasteiger partial charge on any atom is 0.304 e. The van der Waals surface area contributed by atoms with Crippen molar-refractivity contribution in [3.63, 3.8) is 0 Å². The number of carboxylic acids is 1. The van der Waals surface area contributed by atoms with Gasteiger partial charge in [0.2, 0.25) is 11.8 Å². The first kappa shape index (κ1) is 13.8. The molecule has 1 aromatic carbocycles. The van der Waals surface area contributed by atoms with Crippen LogP contribution in [-0.2, 0) is 19.8 Å². The van der Waals surface area contributed by atoms with Gasteiger partial charge >= 0.3 is 5.97 Å². The van der Waals surface area contributed by atoms with E-state index in [1.165, 1.54) is 4.90 Å². The number of likely N-dealkylation sites (tertiary alicyclic amines) is 1. The fourth-order valence-corrected chi connectivity index (χ4v) is 3.28. The maximum atomic E-state index is 12.8. The van der Waals surface area contributed by atoms with E-state index in [0.717, 1.165) is 18.4 Å². The smallest absolute Gasteiger partial charge is 0.304 e. The molecule has 0 aromatic heterocycles. The van der Waals surface area contributed by atoms with Crippen LogP contribution in [0.1, 0.15) is 36.8 Å². The van der Waals surface area contributed by atoms with Crippen LogP contribution >= 0.6 is 0 Å². The van der Waals surface area contributed by atoms with Crippen molar-refractivity contribution < 1.29 is 19.5 Å². The Hall–Kier alpha value is -2.17. The molecule has 0 bridgehead atoms. The minimum absolute atomic E-state index is 0.0234. The van der Waals surface area contributed by atoms with Crippen molar-refractivity contribution >= 4 is 17.8 Å². The normalized spacial score (nSPS) is 25.5. The van der Waals surface area contributed by atoms with E-state index in [2.05, 4.69) is 0 Å². The zero-order valence-electron chi connectivity index (χ0n) is 11.8. The monoisotopic (exact) mass is 287 g/mol. The standard InChI is InChI=1S/C16H17NO4/c1-10-4-2-3-5-12(10)16(9-14(19)20)8-13(18)17(15(16)21)11-6-7-11/h2-5,11H,6-9H2,1H3,(H,19,20)/t16-/m0/s1. The highest BCUT2D eigenvalue weighted by Gasteiger charge is 2.57. The molecule has 0 unspecified atom stereocenters. The number of carbonyl (C=O) groups is 3. The number of aryl methyl sites for hydroxylation is 1. The summed E-state index contributed by atoms with van der Waals surface area (Å²) in [4.78, 5) is 37.7. The summed E-state index contributed by atoms with van der Waals surface area (Å²) in [6.07, 6.45) is 1.27. The van der Waals surface area contributed by atoms with Gasteiger partial charge in [-0.15, -0.1) is 0 Å². The third kappa shape index (κ3) is 2.13. The molecule has 1 saturated carbocycles. The molecule has 1 aliphatic heterocycles. The molecule has 0 spiro atoms. The predicted molar refractivity (Wildman–Crippen MR) is 74.6 cm³/mol. The van der Waals surface area contributed by atoms with Crippen LogP contribution in [0, 0.1) is 6.92 Å². The van der Waals surface area contributed by atoms with E-state index >= 15 is 0 Å². The van der Waals surface area contributed by atoms with Crippen molar-refractivity contribution in [2.75, 3.05) is 0 Å². The van der Waals surface area contributed by atoms with Crippen molar-refractivity contribution in [2.45, 2.75) is 44.1 Å². The van der Waals surface area contributed by atoms with Gasteiger partial charge in [0.1, 0.15) is 0 Å². The molecule has 2 aliphatic rings. The summed E-state index contributed by atoms with van der Waals surface area (Å²) in [5.41, 5.74) is 0.267. The molecule has 5 heteroatoms. The van der Waals surface area contributed by atoms with Crippen molar-refractivity contribution in [1.82, 2.24) is 4.90 Å². The Morgan fingerprint density at radius 1 is 1.33 bits per heavy atom. The maximum absolute atomic E-state index is 12.8. The Kier molecular flexibility index (Phi) is 3.08. The number of benzene rings is 1. The summed E-state index contributed by atoms with van der Waals surface area (Å²) >= 11 is 0. The van der Waals surface area contributed by atoms with Gasteiger partial charge in [-0.3, -0.25) is 19.3 Å². The highest BCUT2D eigenvalue weighted by Crippen LogP contribution is 2.44. The number of nitrogens with zero attached hydrogens (tertiary/aromatic N) is 1. The number of carbonyl (C=O) groups excluding carboxylic acids is 2. The number of hydrogen-bond donors (Lipinski definition) is 1. The summed E-state index contributed by atoms with van der Waals surface area (Å²) in [5.74, 6) is -1.64. The first-order chi connectivity index (χ1) is 9.95. The minimum Gasteiger partial charge on any atom is -0.481 e. The lowest BCUT2D eigenvalue weighted by Gasteiger charge is -2.27. The fraction of sp³-hybridized carbons (Fsp3) is 0.438. The van der Waals surface area contributed by atoms with Gasteiger partial charge in [0.15, 0.2) is 0 Å².